The second-order valence-electron chi connectivity index (χ2n) is 6.98. The number of hydrogen-bond donors (Lipinski definition) is 2. The summed E-state index contributed by atoms with van der Waals surface area (Å²) in [4.78, 5) is 25.4. The molecular formula is C17H34ClN3O2. The molecule has 0 heterocycles. The van der Waals surface area contributed by atoms with Gasteiger partial charge in [0.25, 0.3) is 0 Å². The third-order valence-corrected chi connectivity index (χ3v) is 4.77. The Morgan fingerprint density at radius 2 is 1.87 bits per heavy atom. The van der Waals surface area contributed by atoms with Gasteiger partial charge in [-0.25, -0.2) is 0 Å². The van der Waals surface area contributed by atoms with Gasteiger partial charge in [0.05, 0.1) is 6.54 Å². The van der Waals surface area contributed by atoms with Crippen LogP contribution in [0, 0.1) is 11.8 Å². The summed E-state index contributed by atoms with van der Waals surface area (Å²) in [6.45, 7) is 4.89. The number of halogens is 1. The minimum atomic E-state index is -0.0508. The van der Waals surface area contributed by atoms with Crippen LogP contribution >= 0.6 is 12.4 Å². The molecule has 1 rings (SSSR count). The third-order valence-electron chi connectivity index (χ3n) is 4.77. The molecule has 0 aliphatic heterocycles. The number of carbonyl (C=O) groups is 2. The van der Waals surface area contributed by atoms with E-state index in [1.807, 2.05) is 0 Å². The maximum Gasteiger partial charge on any atom is 0.241 e. The number of rotatable bonds is 9. The number of nitrogens with one attached hydrogen (secondary N) is 1. The van der Waals surface area contributed by atoms with Crippen molar-refractivity contribution in [2.75, 3.05) is 20.1 Å². The van der Waals surface area contributed by atoms with Crippen LogP contribution in [0.3, 0.4) is 0 Å². The van der Waals surface area contributed by atoms with Gasteiger partial charge in [-0.1, -0.05) is 39.5 Å². The van der Waals surface area contributed by atoms with Crippen LogP contribution in [0.4, 0.5) is 0 Å². The fourth-order valence-electron chi connectivity index (χ4n) is 2.83. The molecule has 1 atom stereocenters. The van der Waals surface area contributed by atoms with Crippen molar-refractivity contribution in [1.82, 2.24) is 10.2 Å². The van der Waals surface area contributed by atoms with E-state index in [1.54, 1.807) is 11.9 Å². The summed E-state index contributed by atoms with van der Waals surface area (Å²) >= 11 is 0. The number of carbonyl (C=O) groups excluding carboxylic acids is 2. The molecule has 136 valence electrons. The molecule has 0 aromatic heterocycles. The maximum absolute atomic E-state index is 12.0. The van der Waals surface area contributed by atoms with Crippen molar-refractivity contribution in [2.45, 2.75) is 64.8 Å². The number of nitrogens with zero attached hydrogens (tertiary/aromatic N) is 1. The van der Waals surface area contributed by atoms with Crippen molar-refractivity contribution >= 4 is 24.2 Å². The van der Waals surface area contributed by atoms with Crippen molar-refractivity contribution < 1.29 is 9.59 Å². The van der Waals surface area contributed by atoms with E-state index in [2.05, 4.69) is 19.2 Å². The van der Waals surface area contributed by atoms with Gasteiger partial charge in [0.1, 0.15) is 0 Å². The Morgan fingerprint density at radius 1 is 1.26 bits per heavy atom. The molecule has 1 aliphatic carbocycles. The van der Waals surface area contributed by atoms with Gasteiger partial charge in [-0.3, -0.25) is 9.59 Å². The predicted octanol–water partition coefficient (Wildman–Crippen LogP) is 2.33. The van der Waals surface area contributed by atoms with Crippen LogP contribution < -0.4 is 11.1 Å². The molecule has 5 nitrogen and oxygen atoms in total. The van der Waals surface area contributed by atoms with Crippen LogP contribution in [0.1, 0.15) is 58.8 Å². The average Bonchev–Trinajstić information content (AvgIpc) is 3.00. The molecule has 2 amide bonds. The van der Waals surface area contributed by atoms with Crippen molar-refractivity contribution in [3.8, 4) is 0 Å². The van der Waals surface area contributed by atoms with Crippen molar-refractivity contribution in [3.05, 3.63) is 0 Å². The highest BCUT2D eigenvalue weighted by atomic mass is 35.5. The molecule has 0 radical (unpaired) electrons. The molecule has 0 aromatic rings. The zero-order valence-corrected chi connectivity index (χ0v) is 15.7. The molecule has 1 aliphatic rings. The van der Waals surface area contributed by atoms with E-state index in [4.69, 9.17) is 5.73 Å². The number of nitrogens with two attached hydrogens (primary N) is 1. The van der Waals surface area contributed by atoms with Crippen molar-refractivity contribution in [3.63, 3.8) is 0 Å². The van der Waals surface area contributed by atoms with Crippen LogP contribution in [-0.4, -0.2) is 42.9 Å². The fraction of sp³-hybridized carbons (Fsp3) is 0.882. The van der Waals surface area contributed by atoms with Crippen LogP contribution in [0.25, 0.3) is 0 Å². The Bertz CT molecular complexity index is 358. The second-order valence-corrected chi connectivity index (χ2v) is 6.98. The van der Waals surface area contributed by atoms with Gasteiger partial charge in [0, 0.05) is 26.1 Å². The zero-order chi connectivity index (χ0) is 16.5. The van der Waals surface area contributed by atoms with E-state index >= 15 is 0 Å². The van der Waals surface area contributed by atoms with E-state index in [0.29, 0.717) is 24.8 Å². The van der Waals surface area contributed by atoms with Crippen LogP contribution in [0.5, 0.6) is 0 Å². The highest BCUT2D eigenvalue weighted by Crippen LogP contribution is 2.28. The summed E-state index contributed by atoms with van der Waals surface area (Å²) in [7, 11) is 1.76. The molecule has 0 saturated heterocycles. The summed E-state index contributed by atoms with van der Waals surface area (Å²) in [5, 5.41) is 2.74. The summed E-state index contributed by atoms with van der Waals surface area (Å²) in [6.07, 6.45) is 7.40. The quantitative estimate of drug-likeness (QED) is 0.672. The molecular weight excluding hydrogens is 314 g/mol. The van der Waals surface area contributed by atoms with Gasteiger partial charge in [0.15, 0.2) is 0 Å². The molecule has 0 spiro atoms. The van der Waals surface area contributed by atoms with Crippen LogP contribution in [-0.2, 0) is 9.59 Å². The van der Waals surface area contributed by atoms with Gasteiger partial charge in [-0.2, -0.15) is 0 Å². The van der Waals surface area contributed by atoms with Crippen molar-refractivity contribution in [2.24, 2.45) is 17.6 Å². The Morgan fingerprint density at radius 3 is 2.43 bits per heavy atom. The first-order valence-electron chi connectivity index (χ1n) is 8.66. The van der Waals surface area contributed by atoms with Crippen molar-refractivity contribution in [1.29, 1.82) is 0 Å². The molecule has 23 heavy (non-hydrogen) atoms. The van der Waals surface area contributed by atoms with Crippen LogP contribution in [0.15, 0.2) is 0 Å². The topological polar surface area (TPSA) is 75.4 Å². The summed E-state index contributed by atoms with van der Waals surface area (Å²) < 4.78 is 0. The standard InChI is InChI=1S/C17H33N3O2.ClH/c1-13(2)15(18)10-11-20(3)17(22)12-19-16(21)9-8-14-6-4-5-7-14;/h13-15H,4-12,18H2,1-3H3,(H,19,21);1H. The lowest BCUT2D eigenvalue weighted by Crippen LogP contribution is -2.40. The summed E-state index contributed by atoms with van der Waals surface area (Å²) in [5.41, 5.74) is 5.98. The lowest BCUT2D eigenvalue weighted by atomic mass is 10.0. The first-order chi connectivity index (χ1) is 10.4. The summed E-state index contributed by atoms with van der Waals surface area (Å²) in [5.74, 6) is 1.07. The monoisotopic (exact) mass is 347 g/mol. The van der Waals surface area contributed by atoms with Crippen LogP contribution in [0.2, 0.25) is 0 Å². The average molecular weight is 348 g/mol. The third kappa shape index (κ3) is 9.16. The maximum atomic E-state index is 12.0. The first-order valence-corrected chi connectivity index (χ1v) is 8.66. The molecule has 1 fully saturated rings. The number of likely N-dealkylation sites (N-methyl/N-ethyl adjacent to an activating group) is 1. The largest absolute Gasteiger partial charge is 0.347 e. The van der Waals surface area contributed by atoms with Gasteiger partial charge >= 0.3 is 0 Å². The number of amides is 2. The SMILES string of the molecule is CC(C)C(N)CCN(C)C(=O)CNC(=O)CCC1CCCC1.Cl. The Balaban J connectivity index is 0.00000484. The molecule has 1 saturated carbocycles. The lowest BCUT2D eigenvalue weighted by molar-refractivity contribution is -0.132. The van der Waals surface area contributed by atoms with Gasteiger partial charge in [-0.05, 0) is 24.7 Å². The van der Waals surface area contributed by atoms with Gasteiger partial charge in [0.2, 0.25) is 11.8 Å². The van der Waals surface area contributed by atoms with E-state index in [0.717, 1.165) is 12.8 Å². The molecule has 6 heteroatoms. The fourth-order valence-corrected chi connectivity index (χ4v) is 2.83. The highest BCUT2D eigenvalue weighted by molar-refractivity contribution is 5.85. The van der Waals surface area contributed by atoms with E-state index in [9.17, 15) is 9.59 Å². The minimum absolute atomic E-state index is 0. The summed E-state index contributed by atoms with van der Waals surface area (Å²) in [6, 6.07) is 0.108. The Kier molecular flexibility index (Phi) is 11.3. The Hall–Kier alpha value is -0.810. The predicted molar refractivity (Wildman–Crippen MR) is 96.5 cm³/mol. The first kappa shape index (κ1) is 22.2. The van der Waals surface area contributed by atoms with E-state index in [1.165, 1.54) is 25.7 Å². The van der Waals surface area contributed by atoms with E-state index in [-0.39, 0.29) is 36.8 Å². The molecule has 0 aromatic carbocycles. The van der Waals surface area contributed by atoms with Gasteiger partial charge < -0.3 is 16.0 Å². The van der Waals surface area contributed by atoms with Gasteiger partial charge in [-0.15, -0.1) is 12.4 Å². The lowest BCUT2D eigenvalue weighted by Gasteiger charge is -2.21. The second kappa shape index (κ2) is 11.7. The molecule has 1 unspecified atom stereocenters. The molecule has 0 bridgehead atoms. The normalized spacial score (nSPS) is 16.0. The number of hydrogen-bond acceptors (Lipinski definition) is 3. The Labute approximate surface area is 147 Å². The minimum Gasteiger partial charge on any atom is -0.347 e. The highest BCUT2D eigenvalue weighted by Gasteiger charge is 2.17. The smallest absolute Gasteiger partial charge is 0.241 e. The zero-order valence-electron chi connectivity index (χ0n) is 14.8. The molecule has 3 N–H and O–H groups in total. The van der Waals surface area contributed by atoms with E-state index < -0.39 is 0 Å².